The summed E-state index contributed by atoms with van der Waals surface area (Å²) >= 11 is 1.85. The van der Waals surface area contributed by atoms with Gasteiger partial charge in [-0.3, -0.25) is 9.89 Å². The molecular formula is C22H33IN4OS. The number of rotatable bonds is 7. The molecule has 1 saturated heterocycles. The fourth-order valence-corrected chi connectivity index (χ4v) is 4.93. The lowest BCUT2D eigenvalue weighted by molar-refractivity contribution is 0.128. The number of halogens is 1. The van der Waals surface area contributed by atoms with E-state index in [-0.39, 0.29) is 24.0 Å². The smallest absolute Gasteiger partial charge is 0.191 e. The van der Waals surface area contributed by atoms with E-state index in [1.807, 2.05) is 29.5 Å². The Morgan fingerprint density at radius 1 is 1.28 bits per heavy atom. The van der Waals surface area contributed by atoms with Gasteiger partial charge < -0.3 is 15.7 Å². The molecule has 0 radical (unpaired) electrons. The fraction of sp³-hybridized carbons (Fsp3) is 0.500. The van der Waals surface area contributed by atoms with Gasteiger partial charge in [0.25, 0.3) is 0 Å². The molecule has 3 rings (SSSR count). The third-order valence-electron chi connectivity index (χ3n) is 5.29. The van der Waals surface area contributed by atoms with Crippen molar-refractivity contribution in [3.05, 3.63) is 52.2 Å². The van der Waals surface area contributed by atoms with Gasteiger partial charge in [-0.1, -0.05) is 18.2 Å². The molecule has 0 spiro atoms. The van der Waals surface area contributed by atoms with Gasteiger partial charge in [-0.25, -0.2) is 0 Å². The van der Waals surface area contributed by atoms with Gasteiger partial charge in [-0.05, 0) is 74.8 Å². The van der Waals surface area contributed by atoms with Crippen LogP contribution in [0.4, 0.5) is 0 Å². The second-order valence-electron chi connectivity index (χ2n) is 7.41. The van der Waals surface area contributed by atoms with Crippen molar-refractivity contribution in [3.8, 4) is 5.75 Å². The Labute approximate surface area is 195 Å². The van der Waals surface area contributed by atoms with Crippen LogP contribution in [0.1, 0.15) is 36.2 Å². The van der Waals surface area contributed by atoms with Crippen LogP contribution in [0.15, 0.2) is 46.8 Å². The first-order valence-corrected chi connectivity index (χ1v) is 11.1. The van der Waals surface area contributed by atoms with E-state index in [2.05, 4.69) is 47.0 Å². The number of phenols is 1. The predicted octanol–water partition coefficient (Wildman–Crippen LogP) is 4.25. The molecule has 0 aliphatic carbocycles. The van der Waals surface area contributed by atoms with Gasteiger partial charge in [0, 0.05) is 30.6 Å². The number of benzene rings is 1. The lowest BCUT2D eigenvalue weighted by Crippen LogP contribution is -2.40. The molecule has 0 amide bonds. The molecule has 7 heteroatoms. The summed E-state index contributed by atoms with van der Waals surface area (Å²) in [5.41, 5.74) is 1.12. The number of aliphatic imine (C=N–C) groups is 1. The van der Waals surface area contributed by atoms with E-state index in [0.29, 0.717) is 17.7 Å². The van der Waals surface area contributed by atoms with Crippen molar-refractivity contribution in [2.24, 2.45) is 10.9 Å². The van der Waals surface area contributed by atoms with Gasteiger partial charge in [0.1, 0.15) is 5.75 Å². The largest absolute Gasteiger partial charge is 0.508 e. The van der Waals surface area contributed by atoms with E-state index in [1.54, 1.807) is 6.07 Å². The van der Waals surface area contributed by atoms with Crippen LogP contribution >= 0.6 is 35.3 Å². The summed E-state index contributed by atoms with van der Waals surface area (Å²) in [4.78, 5) is 8.84. The summed E-state index contributed by atoms with van der Waals surface area (Å²) in [5, 5.41) is 18.6. The molecule has 160 valence electrons. The number of hydrogen-bond donors (Lipinski definition) is 3. The molecule has 3 N–H and O–H groups in total. The zero-order valence-electron chi connectivity index (χ0n) is 17.3. The van der Waals surface area contributed by atoms with Gasteiger partial charge in [0.15, 0.2) is 5.96 Å². The first-order valence-electron chi connectivity index (χ1n) is 10.2. The number of aromatic hydroxyl groups is 1. The minimum Gasteiger partial charge on any atom is -0.508 e. The second kappa shape index (κ2) is 12.4. The van der Waals surface area contributed by atoms with E-state index in [4.69, 9.17) is 4.99 Å². The standard InChI is InChI=1S/C22H32N4OS.HI/c1-3-23-22(24-12-11-17-7-4-9-19(27)15-17)25-16-18-8-5-13-26(2)21(18)20-10-6-14-28-20;/h4,6-7,9-10,14-15,18,21,27H,3,5,8,11-13,16H2,1-2H3,(H2,23,24,25);1H. The highest BCUT2D eigenvalue weighted by Gasteiger charge is 2.31. The Balaban J connectivity index is 0.00000300. The highest BCUT2D eigenvalue weighted by molar-refractivity contribution is 14.0. The molecule has 0 bridgehead atoms. The van der Waals surface area contributed by atoms with Crippen LogP contribution in [0.3, 0.4) is 0 Å². The topological polar surface area (TPSA) is 59.9 Å². The van der Waals surface area contributed by atoms with Crippen molar-refractivity contribution in [1.82, 2.24) is 15.5 Å². The second-order valence-corrected chi connectivity index (χ2v) is 8.39. The first-order chi connectivity index (χ1) is 13.7. The number of hydrogen-bond acceptors (Lipinski definition) is 4. The third-order valence-corrected chi connectivity index (χ3v) is 6.23. The Hall–Kier alpha value is -1.32. The van der Waals surface area contributed by atoms with E-state index < -0.39 is 0 Å². The maximum Gasteiger partial charge on any atom is 0.191 e. The normalized spacial score (nSPS) is 20.1. The maximum atomic E-state index is 9.60. The molecule has 2 aromatic rings. The highest BCUT2D eigenvalue weighted by Crippen LogP contribution is 2.37. The lowest BCUT2D eigenvalue weighted by Gasteiger charge is -2.38. The minimum absolute atomic E-state index is 0. The van der Waals surface area contributed by atoms with Crippen LogP contribution in [0.25, 0.3) is 0 Å². The van der Waals surface area contributed by atoms with Crippen LogP contribution in [-0.2, 0) is 6.42 Å². The minimum atomic E-state index is 0. The van der Waals surface area contributed by atoms with Gasteiger partial charge in [0.2, 0.25) is 0 Å². The van der Waals surface area contributed by atoms with Crippen molar-refractivity contribution in [2.75, 3.05) is 33.2 Å². The van der Waals surface area contributed by atoms with E-state index in [1.165, 1.54) is 17.7 Å². The molecule has 0 saturated carbocycles. The van der Waals surface area contributed by atoms with Crippen molar-refractivity contribution in [1.29, 1.82) is 0 Å². The van der Waals surface area contributed by atoms with Gasteiger partial charge >= 0.3 is 0 Å². The van der Waals surface area contributed by atoms with Crippen molar-refractivity contribution in [3.63, 3.8) is 0 Å². The number of thiophene rings is 1. The average Bonchev–Trinajstić information content (AvgIpc) is 3.20. The van der Waals surface area contributed by atoms with Crippen molar-refractivity contribution >= 4 is 41.3 Å². The molecule has 1 aromatic heterocycles. The van der Waals surface area contributed by atoms with E-state index in [0.717, 1.165) is 44.1 Å². The SMILES string of the molecule is CCNC(=NCC1CCCN(C)C1c1cccs1)NCCc1cccc(O)c1.I. The number of phenolic OH excluding ortho intramolecular Hbond substituents is 1. The van der Waals surface area contributed by atoms with Crippen LogP contribution in [0.2, 0.25) is 0 Å². The lowest BCUT2D eigenvalue weighted by atomic mass is 9.88. The van der Waals surface area contributed by atoms with Crippen molar-refractivity contribution in [2.45, 2.75) is 32.2 Å². The molecular weight excluding hydrogens is 495 g/mol. The number of guanidine groups is 1. The number of nitrogens with one attached hydrogen (secondary N) is 2. The zero-order chi connectivity index (χ0) is 19.8. The Kier molecular flexibility index (Phi) is 10.2. The summed E-state index contributed by atoms with van der Waals surface area (Å²) in [6, 6.07) is 12.3. The summed E-state index contributed by atoms with van der Waals surface area (Å²) in [6.45, 7) is 5.71. The van der Waals surface area contributed by atoms with Gasteiger partial charge in [-0.2, -0.15) is 0 Å². The molecule has 2 heterocycles. The van der Waals surface area contributed by atoms with E-state index in [9.17, 15) is 5.11 Å². The summed E-state index contributed by atoms with van der Waals surface area (Å²) < 4.78 is 0. The summed E-state index contributed by atoms with van der Waals surface area (Å²) in [6.07, 6.45) is 3.31. The predicted molar refractivity (Wildman–Crippen MR) is 134 cm³/mol. The molecule has 1 fully saturated rings. The van der Waals surface area contributed by atoms with Crippen LogP contribution in [0, 0.1) is 5.92 Å². The van der Waals surface area contributed by atoms with Crippen LogP contribution in [0.5, 0.6) is 5.75 Å². The Morgan fingerprint density at radius 3 is 2.86 bits per heavy atom. The van der Waals surface area contributed by atoms with E-state index >= 15 is 0 Å². The molecule has 29 heavy (non-hydrogen) atoms. The fourth-order valence-electron chi connectivity index (χ4n) is 3.95. The molecule has 2 unspecified atom stereocenters. The Morgan fingerprint density at radius 2 is 2.14 bits per heavy atom. The number of nitrogens with zero attached hydrogens (tertiary/aromatic N) is 2. The first kappa shape index (κ1) is 24.0. The van der Waals surface area contributed by atoms with Gasteiger partial charge in [-0.15, -0.1) is 35.3 Å². The quantitative estimate of drug-likeness (QED) is 0.286. The summed E-state index contributed by atoms with van der Waals surface area (Å²) in [5.74, 6) is 1.74. The zero-order valence-corrected chi connectivity index (χ0v) is 20.5. The molecule has 1 aromatic carbocycles. The molecule has 1 aliphatic heterocycles. The molecule has 2 atom stereocenters. The average molecular weight is 529 g/mol. The van der Waals surface area contributed by atoms with Crippen LogP contribution in [-0.4, -0.2) is 49.2 Å². The maximum absolute atomic E-state index is 9.60. The van der Waals surface area contributed by atoms with Crippen LogP contribution < -0.4 is 10.6 Å². The monoisotopic (exact) mass is 528 g/mol. The Bertz CT molecular complexity index is 753. The number of likely N-dealkylation sites (tertiary alicyclic amines) is 1. The van der Waals surface area contributed by atoms with Crippen molar-refractivity contribution < 1.29 is 5.11 Å². The summed E-state index contributed by atoms with van der Waals surface area (Å²) in [7, 11) is 2.24. The van der Waals surface area contributed by atoms with Gasteiger partial charge in [0.05, 0.1) is 0 Å². The molecule has 5 nitrogen and oxygen atoms in total. The third kappa shape index (κ3) is 7.15. The highest BCUT2D eigenvalue weighted by atomic mass is 127. The molecule has 1 aliphatic rings. The number of piperidine rings is 1.